The number of carbonyl (C=O) groups excluding carboxylic acids is 1. The predicted octanol–water partition coefficient (Wildman–Crippen LogP) is 2.29. The third kappa shape index (κ3) is 2.99. The Bertz CT molecular complexity index is 534. The fraction of sp³-hybridized carbons (Fsp3) is 0.467. The van der Waals surface area contributed by atoms with Gasteiger partial charge in [-0.25, -0.2) is 4.79 Å². The van der Waals surface area contributed by atoms with Gasteiger partial charge in [0.05, 0.1) is 11.1 Å². The van der Waals surface area contributed by atoms with Crippen molar-refractivity contribution in [1.29, 1.82) is 0 Å². The van der Waals surface area contributed by atoms with Crippen LogP contribution in [0.2, 0.25) is 0 Å². The van der Waals surface area contributed by atoms with Crippen LogP contribution in [0.4, 0.5) is 5.69 Å². The lowest BCUT2D eigenvalue weighted by atomic mass is 9.82. The highest BCUT2D eigenvalue weighted by atomic mass is 16.4. The molecular formula is C15H20N2O3. The van der Waals surface area contributed by atoms with E-state index in [1.165, 1.54) is 6.07 Å². The summed E-state index contributed by atoms with van der Waals surface area (Å²) in [5, 5.41) is 11.7. The van der Waals surface area contributed by atoms with Crippen LogP contribution in [0, 0.1) is 6.92 Å². The van der Waals surface area contributed by atoms with Crippen molar-refractivity contribution in [3.05, 3.63) is 29.3 Å². The van der Waals surface area contributed by atoms with Crippen molar-refractivity contribution in [3.8, 4) is 0 Å². The first-order chi connectivity index (χ1) is 9.42. The zero-order chi connectivity index (χ0) is 14.8. The average molecular weight is 276 g/mol. The average Bonchev–Trinajstić information content (AvgIpc) is 2.41. The van der Waals surface area contributed by atoms with Crippen LogP contribution >= 0.6 is 0 Å². The Morgan fingerprint density at radius 1 is 1.25 bits per heavy atom. The van der Waals surface area contributed by atoms with E-state index in [0.717, 1.165) is 24.8 Å². The van der Waals surface area contributed by atoms with Gasteiger partial charge in [0.25, 0.3) is 0 Å². The summed E-state index contributed by atoms with van der Waals surface area (Å²) in [5.74, 6) is -1.16. The van der Waals surface area contributed by atoms with E-state index in [-0.39, 0.29) is 11.5 Å². The van der Waals surface area contributed by atoms with Gasteiger partial charge in [-0.2, -0.15) is 0 Å². The summed E-state index contributed by atoms with van der Waals surface area (Å²) in [7, 11) is 0. The minimum atomic E-state index is -0.978. The van der Waals surface area contributed by atoms with Crippen molar-refractivity contribution in [2.75, 3.05) is 5.32 Å². The zero-order valence-corrected chi connectivity index (χ0v) is 11.6. The maximum atomic E-state index is 12.3. The maximum Gasteiger partial charge on any atom is 0.335 e. The van der Waals surface area contributed by atoms with E-state index in [4.69, 9.17) is 10.8 Å². The topological polar surface area (TPSA) is 92.4 Å². The lowest BCUT2D eigenvalue weighted by Crippen LogP contribution is -2.52. The lowest BCUT2D eigenvalue weighted by Gasteiger charge is -2.32. The fourth-order valence-corrected chi connectivity index (χ4v) is 2.59. The van der Waals surface area contributed by atoms with Crippen LogP contribution in [0.5, 0.6) is 0 Å². The van der Waals surface area contributed by atoms with Crippen molar-refractivity contribution in [2.45, 2.75) is 44.6 Å². The molecule has 1 saturated carbocycles. The van der Waals surface area contributed by atoms with E-state index in [0.29, 0.717) is 18.5 Å². The Morgan fingerprint density at radius 2 is 1.90 bits per heavy atom. The molecule has 108 valence electrons. The highest BCUT2D eigenvalue weighted by Crippen LogP contribution is 2.28. The number of carboxylic acid groups (broad SMARTS) is 1. The van der Waals surface area contributed by atoms with Gasteiger partial charge in [-0.1, -0.05) is 19.3 Å². The number of carboxylic acids is 1. The molecule has 4 N–H and O–H groups in total. The summed E-state index contributed by atoms with van der Waals surface area (Å²) in [5.41, 5.74) is 6.93. The summed E-state index contributed by atoms with van der Waals surface area (Å²) in [6.07, 6.45) is 4.47. The molecule has 20 heavy (non-hydrogen) atoms. The molecule has 1 fully saturated rings. The van der Waals surface area contributed by atoms with Gasteiger partial charge < -0.3 is 16.2 Å². The number of aryl methyl sites for hydroxylation is 1. The number of rotatable bonds is 3. The van der Waals surface area contributed by atoms with Gasteiger partial charge in [-0.15, -0.1) is 0 Å². The molecule has 5 nitrogen and oxygen atoms in total. The Hall–Kier alpha value is -1.88. The molecule has 5 heteroatoms. The number of benzene rings is 1. The van der Waals surface area contributed by atoms with Gasteiger partial charge in [0.1, 0.15) is 0 Å². The van der Waals surface area contributed by atoms with Crippen LogP contribution in [-0.4, -0.2) is 22.5 Å². The summed E-state index contributed by atoms with van der Waals surface area (Å²) < 4.78 is 0. The molecule has 0 aliphatic heterocycles. The molecule has 0 saturated heterocycles. The minimum absolute atomic E-state index is 0.177. The van der Waals surface area contributed by atoms with Crippen molar-refractivity contribution in [2.24, 2.45) is 5.73 Å². The van der Waals surface area contributed by atoms with Crippen LogP contribution in [0.3, 0.4) is 0 Å². The van der Waals surface area contributed by atoms with Gasteiger partial charge in [0.2, 0.25) is 5.91 Å². The Labute approximate surface area is 118 Å². The van der Waals surface area contributed by atoms with Gasteiger partial charge in [-0.3, -0.25) is 4.79 Å². The number of carbonyl (C=O) groups is 2. The van der Waals surface area contributed by atoms with E-state index < -0.39 is 11.5 Å². The predicted molar refractivity (Wildman–Crippen MR) is 76.8 cm³/mol. The van der Waals surface area contributed by atoms with Gasteiger partial charge in [0, 0.05) is 5.69 Å². The molecule has 0 unspecified atom stereocenters. The molecule has 0 atom stereocenters. The molecular weight excluding hydrogens is 256 g/mol. The van der Waals surface area contributed by atoms with E-state index in [2.05, 4.69) is 5.32 Å². The van der Waals surface area contributed by atoms with Crippen LogP contribution in [0.1, 0.15) is 48.0 Å². The van der Waals surface area contributed by atoms with E-state index >= 15 is 0 Å². The first-order valence-corrected chi connectivity index (χ1v) is 6.87. The molecule has 0 heterocycles. The van der Waals surface area contributed by atoms with Gasteiger partial charge >= 0.3 is 5.97 Å². The third-order valence-corrected chi connectivity index (χ3v) is 3.92. The van der Waals surface area contributed by atoms with E-state index in [1.54, 1.807) is 19.1 Å². The quantitative estimate of drug-likeness (QED) is 0.789. The summed E-state index contributed by atoms with van der Waals surface area (Å²) in [6, 6.07) is 4.64. The molecule has 0 radical (unpaired) electrons. The van der Waals surface area contributed by atoms with Gasteiger partial charge in [-0.05, 0) is 43.5 Å². The number of amides is 1. The summed E-state index contributed by atoms with van der Waals surface area (Å²) in [4.78, 5) is 23.2. The number of anilines is 1. The van der Waals surface area contributed by atoms with Crippen molar-refractivity contribution < 1.29 is 14.7 Å². The first kappa shape index (κ1) is 14.5. The van der Waals surface area contributed by atoms with E-state index in [9.17, 15) is 9.59 Å². The van der Waals surface area contributed by atoms with Gasteiger partial charge in [0.15, 0.2) is 0 Å². The number of hydrogen-bond acceptors (Lipinski definition) is 3. The summed E-state index contributed by atoms with van der Waals surface area (Å²) >= 11 is 0. The SMILES string of the molecule is Cc1cc(C(=O)O)ccc1NC(=O)C1(N)CCCCC1. The highest BCUT2D eigenvalue weighted by molar-refractivity contribution is 5.99. The lowest BCUT2D eigenvalue weighted by molar-refractivity contribution is -0.122. The number of nitrogens with one attached hydrogen (secondary N) is 1. The molecule has 1 amide bonds. The minimum Gasteiger partial charge on any atom is -0.478 e. The second-order valence-electron chi connectivity index (χ2n) is 5.51. The smallest absolute Gasteiger partial charge is 0.335 e. The van der Waals surface area contributed by atoms with Crippen molar-refractivity contribution in [1.82, 2.24) is 0 Å². The monoisotopic (exact) mass is 276 g/mol. The molecule has 1 aliphatic rings. The Morgan fingerprint density at radius 3 is 2.45 bits per heavy atom. The second kappa shape index (κ2) is 5.63. The van der Waals surface area contributed by atoms with Crippen LogP contribution < -0.4 is 11.1 Å². The summed E-state index contributed by atoms with van der Waals surface area (Å²) in [6.45, 7) is 1.77. The fourth-order valence-electron chi connectivity index (χ4n) is 2.59. The highest BCUT2D eigenvalue weighted by Gasteiger charge is 2.35. The number of nitrogens with two attached hydrogens (primary N) is 1. The standard InChI is InChI=1S/C15H20N2O3/c1-10-9-11(13(18)19)5-6-12(10)17-14(20)15(16)7-3-2-4-8-15/h5-6,9H,2-4,7-8,16H2,1H3,(H,17,20)(H,18,19). The first-order valence-electron chi connectivity index (χ1n) is 6.87. The number of hydrogen-bond donors (Lipinski definition) is 3. The molecule has 0 bridgehead atoms. The van der Waals surface area contributed by atoms with Crippen LogP contribution in [0.15, 0.2) is 18.2 Å². The van der Waals surface area contributed by atoms with Crippen LogP contribution in [-0.2, 0) is 4.79 Å². The van der Waals surface area contributed by atoms with Crippen LogP contribution in [0.25, 0.3) is 0 Å². The Kier molecular flexibility index (Phi) is 4.09. The normalized spacial score (nSPS) is 17.5. The van der Waals surface area contributed by atoms with E-state index in [1.807, 2.05) is 0 Å². The second-order valence-corrected chi connectivity index (χ2v) is 5.51. The molecule has 1 aliphatic carbocycles. The maximum absolute atomic E-state index is 12.3. The third-order valence-electron chi connectivity index (χ3n) is 3.92. The number of aromatic carboxylic acids is 1. The molecule has 1 aromatic carbocycles. The molecule has 0 spiro atoms. The van der Waals surface area contributed by atoms with Crippen molar-refractivity contribution >= 4 is 17.6 Å². The molecule has 0 aromatic heterocycles. The largest absolute Gasteiger partial charge is 0.478 e. The zero-order valence-electron chi connectivity index (χ0n) is 11.6. The van der Waals surface area contributed by atoms with Crippen molar-refractivity contribution in [3.63, 3.8) is 0 Å². The molecule has 2 rings (SSSR count). The Balaban J connectivity index is 2.13. The molecule has 1 aromatic rings.